The molecule has 0 bridgehead atoms. The predicted molar refractivity (Wildman–Crippen MR) is 79.3 cm³/mol. The zero-order valence-corrected chi connectivity index (χ0v) is 13.6. The monoisotopic (exact) mass is 355 g/mol. The van der Waals surface area contributed by atoms with Gasteiger partial charge in [0.2, 0.25) is 5.91 Å². The molecule has 1 N–H and O–H groups in total. The Morgan fingerprint density at radius 3 is 2.59 bits per heavy atom. The number of ether oxygens (including phenoxy) is 1. The summed E-state index contributed by atoms with van der Waals surface area (Å²) in [6, 6.07) is -0.920. The van der Waals surface area contributed by atoms with Gasteiger partial charge in [0.05, 0.1) is 17.3 Å². The number of rotatable bonds is 7. The number of carbonyl (C=O) groups excluding carboxylic acids is 2. The van der Waals surface area contributed by atoms with Gasteiger partial charge in [-0.2, -0.15) is 17.7 Å². The van der Waals surface area contributed by atoms with Crippen molar-refractivity contribution in [2.24, 2.45) is 0 Å². The van der Waals surface area contributed by atoms with Crippen LogP contribution in [-0.4, -0.2) is 40.1 Å². The maximum Gasteiger partial charge on any atom is 0.329 e. The number of aromatic nitrogens is 2. The average molecular weight is 356 g/mol. The van der Waals surface area contributed by atoms with Crippen molar-refractivity contribution < 1.29 is 23.1 Å². The van der Waals surface area contributed by atoms with E-state index in [0.29, 0.717) is 0 Å². The van der Waals surface area contributed by atoms with Gasteiger partial charge in [-0.05, 0) is 13.8 Å². The van der Waals surface area contributed by atoms with Gasteiger partial charge in [-0.15, -0.1) is 0 Å². The quantitative estimate of drug-likeness (QED) is 0.577. The van der Waals surface area contributed by atoms with E-state index in [0.717, 1.165) is 4.68 Å². The Kier molecular flexibility index (Phi) is 7.08. The van der Waals surface area contributed by atoms with Crippen LogP contribution in [-0.2, 0) is 20.9 Å². The van der Waals surface area contributed by atoms with E-state index in [-0.39, 0.29) is 29.6 Å². The predicted octanol–water partition coefficient (Wildman–Crippen LogP) is 1.76. The summed E-state index contributed by atoms with van der Waals surface area (Å²) in [7, 11) is 0. The van der Waals surface area contributed by atoms with Crippen LogP contribution in [0.5, 0.6) is 0 Å². The number of halogens is 3. The van der Waals surface area contributed by atoms with Crippen LogP contribution in [0, 0.1) is 6.92 Å². The summed E-state index contributed by atoms with van der Waals surface area (Å²) < 4.78 is 31.2. The fraction of sp³-hybridized carbons (Fsp3) is 0.583. The lowest BCUT2D eigenvalue weighted by atomic mass is 10.3. The van der Waals surface area contributed by atoms with Crippen molar-refractivity contribution in [1.29, 1.82) is 0 Å². The molecule has 0 spiro atoms. The van der Waals surface area contributed by atoms with Crippen LogP contribution in [0.25, 0.3) is 0 Å². The summed E-state index contributed by atoms with van der Waals surface area (Å²) in [5.41, 5.74) is -0.339. The van der Waals surface area contributed by atoms with Crippen LogP contribution in [0.15, 0.2) is 0 Å². The highest BCUT2D eigenvalue weighted by Gasteiger charge is 2.24. The van der Waals surface area contributed by atoms with E-state index in [1.54, 1.807) is 6.92 Å². The molecule has 0 saturated heterocycles. The summed E-state index contributed by atoms with van der Waals surface area (Å²) in [4.78, 5) is 23.4. The maximum atomic E-state index is 12.7. The van der Waals surface area contributed by atoms with E-state index in [1.165, 1.54) is 6.92 Å². The Morgan fingerprint density at radius 2 is 2.14 bits per heavy atom. The summed E-state index contributed by atoms with van der Waals surface area (Å²) >= 11 is 9.69. The molecule has 1 aromatic rings. The summed E-state index contributed by atoms with van der Waals surface area (Å²) in [6.45, 7) is 2.93. The molecule has 1 aromatic heterocycles. The second kappa shape index (κ2) is 8.33. The first-order valence-corrected chi connectivity index (χ1v) is 7.40. The molecule has 0 aromatic carbocycles. The van der Waals surface area contributed by atoms with E-state index < -0.39 is 30.0 Å². The first-order valence-electron chi connectivity index (χ1n) is 6.39. The molecule has 1 heterocycles. The average Bonchev–Trinajstić information content (AvgIpc) is 2.73. The smallest absolute Gasteiger partial charge is 0.329 e. The molecular weight excluding hydrogens is 340 g/mol. The molecule has 124 valence electrons. The summed E-state index contributed by atoms with van der Waals surface area (Å²) in [5.74, 6) is -1.16. The second-order valence-electron chi connectivity index (χ2n) is 4.30. The third-order valence-corrected chi connectivity index (χ3v) is 3.58. The number of alkyl halides is 2. The van der Waals surface area contributed by atoms with Crippen LogP contribution >= 0.6 is 24.2 Å². The van der Waals surface area contributed by atoms with Crippen molar-refractivity contribution in [2.45, 2.75) is 32.9 Å². The van der Waals surface area contributed by atoms with Crippen molar-refractivity contribution in [3.8, 4) is 0 Å². The van der Waals surface area contributed by atoms with Crippen LogP contribution in [0.4, 0.5) is 8.78 Å². The minimum atomic E-state index is -2.83. The summed E-state index contributed by atoms with van der Waals surface area (Å²) in [5, 5.41) is 5.82. The largest absolute Gasteiger partial charge is 0.464 e. The lowest BCUT2D eigenvalue weighted by Crippen LogP contribution is -2.44. The highest BCUT2D eigenvalue weighted by molar-refractivity contribution is 7.80. The van der Waals surface area contributed by atoms with Gasteiger partial charge in [0.1, 0.15) is 18.3 Å². The molecule has 0 saturated carbocycles. The van der Waals surface area contributed by atoms with E-state index in [2.05, 4.69) is 23.0 Å². The van der Waals surface area contributed by atoms with Gasteiger partial charge in [0, 0.05) is 5.75 Å². The molecule has 0 aliphatic carbocycles. The SMILES string of the molecule is CCOC(=O)[C@H](CS)NC(=O)Cn1nc(C(F)F)c(Cl)c1C. The number of hydrogen-bond donors (Lipinski definition) is 2. The van der Waals surface area contributed by atoms with E-state index in [1.807, 2.05) is 0 Å². The minimum Gasteiger partial charge on any atom is -0.464 e. The molecule has 10 heteroatoms. The van der Waals surface area contributed by atoms with E-state index >= 15 is 0 Å². The molecule has 6 nitrogen and oxygen atoms in total. The normalized spacial score (nSPS) is 12.3. The fourth-order valence-electron chi connectivity index (χ4n) is 1.64. The van der Waals surface area contributed by atoms with E-state index in [4.69, 9.17) is 16.3 Å². The van der Waals surface area contributed by atoms with Gasteiger partial charge in [0.15, 0.2) is 0 Å². The lowest BCUT2D eigenvalue weighted by Gasteiger charge is -2.15. The Bertz CT molecular complexity index is 554. The highest BCUT2D eigenvalue weighted by atomic mass is 35.5. The van der Waals surface area contributed by atoms with Crippen LogP contribution in [0.1, 0.15) is 24.7 Å². The Balaban J connectivity index is 2.76. The molecule has 0 aliphatic rings. The molecule has 0 radical (unpaired) electrons. The Hall–Kier alpha value is -1.35. The standard InChI is InChI=1S/C12H16ClF2N3O3S/c1-3-21-12(20)7(5-22)16-8(19)4-18-6(2)9(13)10(17-18)11(14)15/h7,11,22H,3-5H2,1-2H3,(H,16,19)/t7-/m0/s1. The van der Waals surface area contributed by atoms with Crippen molar-refractivity contribution in [3.05, 3.63) is 16.4 Å². The van der Waals surface area contributed by atoms with Gasteiger partial charge in [-0.25, -0.2) is 13.6 Å². The molecule has 0 unspecified atom stereocenters. The highest BCUT2D eigenvalue weighted by Crippen LogP contribution is 2.28. The zero-order chi connectivity index (χ0) is 16.9. The number of hydrogen-bond acceptors (Lipinski definition) is 5. The number of nitrogens with zero attached hydrogens (tertiary/aromatic N) is 2. The van der Waals surface area contributed by atoms with Crippen LogP contribution in [0.3, 0.4) is 0 Å². The van der Waals surface area contributed by atoms with Crippen LogP contribution < -0.4 is 5.32 Å². The fourth-order valence-corrected chi connectivity index (χ4v) is 2.10. The zero-order valence-electron chi connectivity index (χ0n) is 12.0. The van der Waals surface area contributed by atoms with Crippen LogP contribution in [0.2, 0.25) is 5.02 Å². The van der Waals surface area contributed by atoms with Crippen molar-refractivity contribution >= 4 is 36.1 Å². The van der Waals surface area contributed by atoms with E-state index in [9.17, 15) is 18.4 Å². The summed E-state index contributed by atoms with van der Waals surface area (Å²) in [6.07, 6.45) is -2.83. The van der Waals surface area contributed by atoms with Gasteiger partial charge < -0.3 is 10.1 Å². The Morgan fingerprint density at radius 1 is 1.50 bits per heavy atom. The number of nitrogens with one attached hydrogen (secondary N) is 1. The number of carbonyl (C=O) groups is 2. The molecule has 22 heavy (non-hydrogen) atoms. The molecule has 1 atom stereocenters. The third kappa shape index (κ3) is 4.57. The molecule has 0 fully saturated rings. The van der Waals surface area contributed by atoms with Crippen molar-refractivity contribution in [2.75, 3.05) is 12.4 Å². The lowest BCUT2D eigenvalue weighted by molar-refractivity contribution is -0.146. The first kappa shape index (κ1) is 18.7. The van der Waals surface area contributed by atoms with Gasteiger partial charge in [0.25, 0.3) is 6.43 Å². The maximum absolute atomic E-state index is 12.7. The van der Waals surface area contributed by atoms with Gasteiger partial charge in [-0.3, -0.25) is 9.48 Å². The second-order valence-corrected chi connectivity index (χ2v) is 5.04. The molecular formula is C12H16ClF2N3O3S. The minimum absolute atomic E-state index is 0.0473. The molecule has 0 aliphatic heterocycles. The number of esters is 1. The molecule has 1 amide bonds. The number of amides is 1. The van der Waals surface area contributed by atoms with Gasteiger partial charge >= 0.3 is 5.97 Å². The number of thiol groups is 1. The molecule has 1 rings (SSSR count). The Labute approximate surface area is 136 Å². The third-order valence-electron chi connectivity index (χ3n) is 2.75. The van der Waals surface area contributed by atoms with Gasteiger partial charge in [-0.1, -0.05) is 11.6 Å². The topological polar surface area (TPSA) is 73.2 Å². The first-order chi connectivity index (χ1) is 10.3. The van der Waals surface area contributed by atoms with Crippen molar-refractivity contribution in [1.82, 2.24) is 15.1 Å². The van der Waals surface area contributed by atoms with Crippen molar-refractivity contribution in [3.63, 3.8) is 0 Å².